The molecule has 0 aromatic heterocycles. The van der Waals surface area contributed by atoms with Gasteiger partial charge in [0.2, 0.25) is 5.91 Å². The van der Waals surface area contributed by atoms with Crippen LogP contribution in [0.5, 0.6) is 0 Å². The highest BCUT2D eigenvalue weighted by atomic mass is 16.4. The number of likely N-dealkylation sites (tertiary alicyclic amines) is 1. The van der Waals surface area contributed by atoms with E-state index in [4.69, 9.17) is 5.11 Å². The van der Waals surface area contributed by atoms with E-state index in [-0.39, 0.29) is 28.6 Å². The number of carboxylic acids is 1. The van der Waals surface area contributed by atoms with Crippen LogP contribution in [0.4, 0.5) is 0 Å². The van der Waals surface area contributed by atoms with Gasteiger partial charge in [-0.15, -0.1) is 0 Å². The standard InChI is InChI=1S/C14H23NO3/c1-13(2)10(14(13,3)4)11(16)15-7-5-6-9(8-15)12(17)18/h9-10H,5-8H2,1-4H3,(H,17,18). The minimum Gasteiger partial charge on any atom is -0.481 e. The zero-order chi connectivity index (χ0) is 13.7. The predicted molar refractivity (Wildman–Crippen MR) is 68.0 cm³/mol. The fourth-order valence-electron chi connectivity index (χ4n) is 3.38. The van der Waals surface area contributed by atoms with Crippen LogP contribution in [0.15, 0.2) is 0 Å². The Labute approximate surface area is 108 Å². The van der Waals surface area contributed by atoms with E-state index in [1.807, 2.05) is 0 Å². The Morgan fingerprint density at radius 2 is 1.72 bits per heavy atom. The highest BCUT2D eigenvalue weighted by Gasteiger charge is 2.68. The molecule has 1 aliphatic carbocycles. The summed E-state index contributed by atoms with van der Waals surface area (Å²) in [5, 5.41) is 9.06. The first-order chi connectivity index (χ1) is 8.19. The SMILES string of the molecule is CC1(C)C(C(=O)N2CCCC(C(=O)O)C2)C1(C)C. The zero-order valence-corrected chi connectivity index (χ0v) is 11.7. The van der Waals surface area contributed by atoms with Crippen molar-refractivity contribution in [2.24, 2.45) is 22.7 Å². The van der Waals surface area contributed by atoms with Crippen molar-refractivity contribution in [1.82, 2.24) is 4.90 Å². The molecule has 1 aliphatic heterocycles. The molecule has 18 heavy (non-hydrogen) atoms. The predicted octanol–water partition coefficient (Wildman–Crippen LogP) is 1.99. The summed E-state index contributed by atoms with van der Waals surface area (Å²) in [6.07, 6.45) is 1.49. The summed E-state index contributed by atoms with van der Waals surface area (Å²) < 4.78 is 0. The normalized spacial score (nSPS) is 30.0. The zero-order valence-electron chi connectivity index (χ0n) is 11.7. The average Bonchev–Trinajstić information content (AvgIpc) is 2.69. The Balaban J connectivity index is 2.05. The molecule has 0 bridgehead atoms. The van der Waals surface area contributed by atoms with E-state index in [1.165, 1.54) is 0 Å². The number of piperidine rings is 1. The summed E-state index contributed by atoms with van der Waals surface area (Å²) in [5.74, 6) is -0.969. The third-order valence-electron chi connectivity index (χ3n) is 5.35. The molecule has 0 radical (unpaired) electrons. The van der Waals surface area contributed by atoms with Crippen molar-refractivity contribution in [3.05, 3.63) is 0 Å². The van der Waals surface area contributed by atoms with Crippen LogP contribution in [-0.4, -0.2) is 35.0 Å². The van der Waals surface area contributed by atoms with E-state index >= 15 is 0 Å². The van der Waals surface area contributed by atoms with E-state index in [0.29, 0.717) is 19.5 Å². The Morgan fingerprint density at radius 3 is 2.17 bits per heavy atom. The molecule has 2 aliphatic rings. The molecule has 1 unspecified atom stereocenters. The molecule has 1 heterocycles. The van der Waals surface area contributed by atoms with E-state index in [2.05, 4.69) is 27.7 Å². The van der Waals surface area contributed by atoms with Gasteiger partial charge in [-0.2, -0.15) is 0 Å². The quantitative estimate of drug-likeness (QED) is 0.818. The third kappa shape index (κ3) is 1.82. The monoisotopic (exact) mass is 253 g/mol. The number of hydrogen-bond acceptors (Lipinski definition) is 2. The second kappa shape index (κ2) is 3.97. The maximum atomic E-state index is 12.5. The molecule has 102 valence electrons. The van der Waals surface area contributed by atoms with Crippen LogP contribution >= 0.6 is 0 Å². The minimum atomic E-state index is -0.776. The van der Waals surface area contributed by atoms with Gasteiger partial charge >= 0.3 is 5.97 Å². The molecule has 1 amide bonds. The number of carbonyl (C=O) groups is 2. The van der Waals surface area contributed by atoms with Crippen LogP contribution in [0.2, 0.25) is 0 Å². The number of rotatable bonds is 2. The van der Waals surface area contributed by atoms with Gasteiger partial charge < -0.3 is 10.0 Å². The van der Waals surface area contributed by atoms with Crippen molar-refractivity contribution < 1.29 is 14.7 Å². The Morgan fingerprint density at radius 1 is 1.17 bits per heavy atom. The van der Waals surface area contributed by atoms with Crippen LogP contribution in [0.1, 0.15) is 40.5 Å². The Kier molecular flexibility index (Phi) is 2.95. The summed E-state index contributed by atoms with van der Waals surface area (Å²) in [6, 6.07) is 0. The molecular weight excluding hydrogens is 230 g/mol. The third-order valence-corrected chi connectivity index (χ3v) is 5.35. The maximum Gasteiger partial charge on any atom is 0.308 e. The molecular formula is C14H23NO3. The fourth-order valence-corrected chi connectivity index (χ4v) is 3.38. The van der Waals surface area contributed by atoms with Gasteiger partial charge in [0.15, 0.2) is 0 Å². The summed E-state index contributed by atoms with van der Waals surface area (Å²) >= 11 is 0. The van der Waals surface area contributed by atoms with Gasteiger partial charge in [-0.3, -0.25) is 9.59 Å². The van der Waals surface area contributed by atoms with E-state index in [1.54, 1.807) is 4.90 Å². The number of aliphatic carboxylic acids is 1. The van der Waals surface area contributed by atoms with Crippen LogP contribution in [0.3, 0.4) is 0 Å². The molecule has 0 spiro atoms. The minimum absolute atomic E-state index is 0.0280. The first-order valence-electron chi connectivity index (χ1n) is 6.71. The van der Waals surface area contributed by atoms with Gasteiger partial charge in [-0.05, 0) is 23.7 Å². The van der Waals surface area contributed by atoms with Gasteiger partial charge in [0.1, 0.15) is 0 Å². The van der Waals surface area contributed by atoms with Gasteiger partial charge in [-0.1, -0.05) is 27.7 Å². The molecule has 0 aromatic rings. The smallest absolute Gasteiger partial charge is 0.308 e. The molecule has 2 rings (SSSR count). The molecule has 1 atom stereocenters. The Bertz CT molecular complexity index is 373. The van der Waals surface area contributed by atoms with Gasteiger partial charge in [0, 0.05) is 19.0 Å². The second-order valence-corrected chi connectivity index (χ2v) is 6.84. The highest BCUT2D eigenvalue weighted by molar-refractivity contribution is 5.85. The first-order valence-corrected chi connectivity index (χ1v) is 6.71. The average molecular weight is 253 g/mol. The highest BCUT2D eigenvalue weighted by Crippen LogP contribution is 2.68. The van der Waals surface area contributed by atoms with Gasteiger partial charge in [0.05, 0.1) is 5.92 Å². The van der Waals surface area contributed by atoms with Crippen molar-refractivity contribution in [1.29, 1.82) is 0 Å². The van der Waals surface area contributed by atoms with E-state index in [0.717, 1.165) is 6.42 Å². The number of amides is 1. The van der Waals surface area contributed by atoms with Gasteiger partial charge in [0.25, 0.3) is 0 Å². The summed E-state index contributed by atoms with van der Waals surface area (Å²) in [5.41, 5.74) is 0.0561. The lowest BCUT2D eigenvalue weighted by Crippen LogP contribution is -2.43. The number of hydrogen-bond donors (Lipinski definition) is 1. The first kappa shape index (κ1) is 13.4. The lowest BCUT2D eigenvalue weighted by Gasteiger charge is -2.31. The topological polar surface area (TPSA) is 57.6 Å². The molecule has 2 fully saturated rings. The summed E-state index contributed by atoms with van der Waals surface area (Å²) in [7, 11) is 0. The molecule has 1 saturated carbocycles. The summed E-state index contributed by atoms with van der Waals surface area (Å²) in [6.45, 7) is 9.58. The number of nitrogens with zero attached hydrogens (tertiary/aromatic N) is 1. The van der Waals surface area contributed by atoms with E-state index in [9.17, 15) is 9.59 Å². The van der Waals surface area contributed by atoms with Crippen LogP contribution in [0.25, 0.3) is 0 Å². The fraction of sp³-hybridized carbons (Fsp3) is 0.857. The van der Waals surface area contributed by atoms with Crippen LogP contribution in [0, 0.1) is 22.7 Å². The molecule has 4 heteroatoms. The molecule has 4 nitrogen and oxygen atoms in total. The molecule has 0 aromatic carbocycles. The van der Waals surface area contributed by atoms with Crippen molar-refractivity contribution in [2.45, 2.75) is 40.5 Å². The number of carbonyl (C=O) groups excluding carboxylic acids is 1. The second-order valence-electron chi connectivity index (χ2n) is 6.84. The van der Waals surface area contributed by atoms with E-state index < -0.39 is 5.97 Å². The Hall–Kier alpha value is -1.06. The summed E-state index contributed by atoms with van der Waals surface area (Å²) in [4.78, 5) is 25.3. The lowest BCUT2D eigenvalue weighted by molar-refractivity contribution is -0.146. The van der Waals surface area contributed by atoms with Crippen LogP contribution in [-0.2, 0) is 9.59 Å². The lowest BCUT2D eigenvalue weighted by atomic mass is 9.97. The van der Waals surface area contributed by atoms with Crippen molar-refractivity contribution in [3.63, 3.8) is 0 Å². The van der Waals surface area contributed by atoms with Crippen molar-refractivity contribution >= 4 is 11.9 Å². The van der Waals surface area contributed by atoms with Crippen molar-refractivity contribution in [2.75, 3.05) is 13.1 Å². The van der Waals surface area contributed by atoms with Crippen LogP contribution < -0.4 is 0 Å². The number of carboxylic acid groups (broad SMARTS) is 1. The van der Waals surface area contributed by atoms with Gasteiger partial charge in [-0.25, -0.2) is 0 Å². The molecule has 1 saturated heterocycles. The van der Waals surface area contributed by atoms with Crippen molar-refractivity contribution in [3.8, 4) is 0 Å². The molecule has 1 N–H and O–H groups in total. The maximum absolute atomic E-state index is 12.5. The largest absolute Gasteiger partial charge is 0.481 e.